The summed E-state index contributed by atoms with van der Waals surface area (Å²) in [6.07, 6.45) is 1.51. The monoisotopic (exact) mass is 372 g/mol. The standard InChI is InChI=1S/C18H14F2N4O3/c19-10-5-6-12(14(20)7-10)17(26)22-9-16(25)23-24-18(27)13-8-21-15-4-2-1-3-11(13)15/h1-8,21H,9H2,(H,22,26)(H,23,25)(H,24,27). The highest BCUT2D eigenvalue weighted by Crippen LogP contribution is 2.17. The summed E-state index contributed by atoms with van der Waals surface area (Å²) in [6.45, 7) is -0.510. The molecule has 0 saturated carbocycles. The number of rotatable bonds is 4. The van der Waals surface area contributed by atoms with Gasteiger partial charge in [0, 0.05) is 23.2 Å². The molecule has 0 aliphatic rings. The number of para-hydroxylation sites is 1. The van der Waals surface area contributed by atoms with Crippen LogP contribution in [0.5, 0.6) is 0 Å². The molecule has 9 heteroatoms. The molecule has 2 aromatic carbocycles. The molecule has 0 radical (unpaired) electrons. The number of fused-ring (bicyclic) bond motifs is 1. The lowest BCUT2D eigenvalue weighted by molar-refractivity contribution is -0.120. The van der Waals surface area contributed by atoms with E-state index in [1.54, 1.807) is 18.2 Å². The van der Waals surface area contributed by atoms with Gasteiger partial charge in [0.05, 0.1) is 17.7 Å². The Bertz CT molecular complexity index is 1030. The molecular weight excluding hydrogens is 358 g/mol. The Balaban J connectivity index is 1.52. The summed E-state index contributed by atoms with van der Waals surface area (Å²) in [4.78, 5) is 38.6. The van der Waals surface area contributed by atoms with Crippen molar-refractivity contribution in [1.82, 2.24) is 21.2 Å². The smallest absolute Gasteiger partial charge is 0.271 e. The quantitative estimate of drug-likeness (QED) is 0.524. The lowest BCUT2D eigenvalue weighted by Crippen LogP contribution is -2.46. The average Bonchev–Trinajstić information content (AvgIpc) is 3.08. The van der Waals surface area contributed by atoms with Gasteiger partial charge in [0.25, 0.3) is 17.7 Å². The molecule has 0 aliphatic carbocycles. The van der Waals surface area contributed by atoms with Crippen LogP contribution in [0.4, 0.5) is 8.78 Å². The molecule has 3 aromatic rings. The van der Waals surface area contributed by atoms with E-state index in [-0.39, 0.29) is 0 Å². The van der Waals surface area contributed by atoms with Crippen molar-refractivity contribution >= 4 is 28.6 Å². The van der Waals surface area contributed by atoms with Gasteiger partial charge in [-0.05, 0) is 18.2 Å². The molecule has 0 atom stereocenters. The number of hydrogen-bond donors (Lipinski definition) is 4. The molecule has 1 aromatic heterocycles. The minimum absolute atomic E-state index is 0.336. The molecule has 0 bridgehead atoms. The molecule has 138 valence electrons. The van der Waals surface area contributed by atoms with Crippen molar-refractivity contribution in [2.75, 3.05) is 6.54 Å². The lowest BCUT2D eigenvalue weighted by atomic mass is 10.2. The molecule has 4 N–H and O–H groups in total. The Morgan fingerprint density at radius 1 is 0.926 bits per heavy atom. The van der Waals surface area contributed by atoms with Crippen molar-refractivity contribution in [3.63, 3.8) is 0 Å². The third kappa shape index (κ3) is 4.09. The van der Waals surface area contributed by atoms with Crippen molar-refractivity contribution in [2.24, 2.45) is 0 Å². The highest BCUT2D eigenvalue weighted by Gasteiger charge is 2.15. The predicted octanol–water partition coefficient (Wildman–Crippen LogP) is 1.64. The Labute approximate surface area is 151 Å². The van der Waals surface area contributed by atoms with Gasteiger partial charge < -0.3 is 10.3 Å². The maximum absolute atomic E-state index is 13.5. The zero-order valence-electron chi connectivity index (χ0n) is 13.8. The van der Waals surface area contributed by atoms with Crippen LogP contribution >= 0.6 is 0 Å². The van der Waals surface area contributed by atoms with E-state index >= 15 is 0 Å². The molecule has 3 amide bonds. The van der Waals surface area contributed by atoms with Gasteiger partial charge in [0.2, 0.25) is 0 Å². The number of benzene rings is 2. The Morgan fingerprint density at radius 3 is 2.48 bits per heavy atom. The van der Waals surface area contributed by atoms with Crippen LogP contribution in [0.15, 0.2) is 48.7 Å². The fourth-order valence-corrected chi connectivity index (χ4v) is 2.43. The molecule has 7 nitrogen and oxygen atoms in total. The SMILES string of the molecule is O=C(CNC(=O)c1ccc(F)cc1F)NNC(=O)c1c[nH]c2ccccc12. The van der Waals surface area contributed by atoms with Gasteiger partial charge in [0.15, 0.2) is 0 Å². The Hall–Kier alpha value is -3.75. The first kappa shape index (κ1) is 18.1. The highest BCUT2D eigenvalue weighted by molar-refractivity contribution is 6.07. The molecule has 27 heavy (non-hydrogen) atoms. The van der Waals surface area contributed by atoms with Crippen LogP contribution in [0.25, 0.3) is 10.9 Å². The van der Waals surface area contributed by atoms with Gasteiger partial charge in [-0.25, -0.2) is 8.78 Å². The van der Waals surface area contributed by atoms with Crippen molar-refractivity contribution in [2.45, 2.75) is 0 Å². The number of carbonyl (C=O) groups is 3. The predicted molar refractivity (Wildman–Crippen MR) is 92.6 cm³/mol. The van der Waals surface area contributed by atoms with Crippen LogP contribution in [0.3, 0.4) is 0 Å². The van der Waals surface area contributed by atoms with Crippen LogP contribution in [0.1, 0.15) is 20.7 Å². The topological polar surface area (TPSA) is 103 Å². The molecule has 0 unspecified atom stereocenters. The average molecular weight is 372 g/mol. The maximum Gasteiger partial charge on any atom is 0.271 e. The van der Waals surface area contributed by atoms with Crippen LogP contribution < -0.4 is 16.2 Å². The Kier molecular flexibility index (Phi) is 5.11. The summed E-state index contributed by atoms with van der Waals surface area (Å²) in [5.74, 6) is -4.01. The van der Waals surface area contributed by atoms with Crippen LogP contribution in [-0.2, 0) is 4.79 Å². The maximum atomic E-state index is 13.5. The molecule has 1 heterocycles. The summed E-state index contributed by atoms with van der Waals surface area (Å²) in [5.41, 5.74) is 5.08. The fraction of sp³-hybridized carbons (Fsp3) is 0.0556. The van der Waals surface area contributed by atoms with E-state index in [4.69, 9.17) is 0 Å². The summed E-state index contributed by atoms with van der Waals surface area (Å²) >= 11 is 0. The molecular formula is C18H14F2N4O3. The normalized spacial score (nSPS) is 10.4. The number of H-pyrrole nitrogens is 1. The van der Waals surface area contributed by atoms with Gasteiger partial charge in [0.1, 0.15) is 11.6 Å². The number of aromatic amines is 1. The number of hydrazine groups is 1. The summed E-state index contributed by atoms with van der Waals surface area (Å²) < 4.78 is 26.3. The third-order valence-corrected chi connectivity index (χ3v) is 3.73. The number of carbonyl (C=O) groups excluding carboxylic acids is 3. The summed E-state index contributed by atoms with van der Waals surface area (Å²) in [7, 11) is 0. The number of halogens is 2. The first-order valence-electron chi connectivity index (χ1n) is 7.84. The van der Waals surface area contributed by atoms with Gasteiger partial charge in [-0.3, -0.25) is 25.2 Å². The highest BCUT2D eigenvalue weighted by atomic mass is 19.1. The van der Waals surface area contributed by atoms with Gasteiger partial charge in [-0.1, -0.05) is 18.2 Å². The summed E-state index contributed by atoms with van der Waals surface area (Å²) in [6, 6.07) is 9.60. The van der Waals surface area contributed by atoms with Crippen molar-refractivity contribution in [3.05, 3.63) is 71.4 Å². The van der Waals surface area contributed by atoms with E-state index < -0.39 is 41.5 Å². The second kappa shape index (κ2) is 7.65. The first-order chi connectivity index (χ1) is 13.0. The van der Waals surface area contributed by atoms with E-state index in [0.29, 0.717) is 17.0 Å². The van der Waals surface area contributed by atoms with Crippen LogP contribution in [0, 0.1) is 11.6 Å². The van der Waals surface area contributed by atoms with Crippen LogP contribution in [-0.4, -0.2) is 29.3 Å². The number of hydrogen-bond acceptors (Lipinski definition) is 3. The Morgan fingerprint density at radius 2 is 1.70 bits per heavy atom. The molecule has 0 fully saturated rings. The first-order valence-corrected chi connectivity index (χ1v) is 7.84. The minimum Gasteiger partial charge on any atom is -0.360 e. The summed E-state index contributed by atoms with van der Waals surface area (Å²) in [5, 5.41) is 2.86. The fourth-order valence-electron chi connectivity index (χ4n) is 2.43. The van der Waals surface area contributed by atoms with Crippen molar-refractivity contribution in [3.8, 4) is 0 Å². The molecule has 0 aliphatic heterocycles. The second-order valence-corrected chi connectivity index (χ2v) is 5.56. The van der Waals surface area contributed by atoms with E-state index in [9.17, 15) is 23.2 Å². The van der Waals surface area contributed by atoms with Gasteiger partial charge in [-0.15, -0.1) is 0 Å². The zero-order valence-corrected chi connectivity index (χ0v) is 13.8. The van der Waals surface area contributed by atoms with E-state index in [1.165, 1.54) is 6.20 Å². The van der Waals surface area contributed by atoms with E-state index in [1.807, 2.05) is 6.07 Å². The van der Waals surface area contributed by atoms with Crippen LogP contribution in [0.2, 0.25) is 0 Å². The largest absolute Gasteiger partial charge is 0.360 e. The van der Waals surface area contributed by atoms with Gasteiger partial charge in [-0.2, -0.15) is 0 Å². The number of amides is 3. The lowest BCUT2D eigenvalue weighted by Gasteiger charge is -2.08. The van der Waals surface area contributed by atoms with Crippen molar-refractivity contribution < 1.29 is 23.2 Å². The third-order valence-electron chi connectivity index (χ3n) is 3.73. The van der Waals surface area contributed by atoms with E-state index in [2.05, 4.69) is 21.2 Å². The van der Waals surface area contributed by atoms with Gasteiger partial charge >= 0.3 is 0 Å². The molecule has 0 saturated heterocycles. The number of nitrogens with one attached hydrogen (secondary N) is 4. The van der Waals surface area contributed by atoms with E-state index in [0.717, 1.165) is 17.6 Å². The number of aromatic nitrogens is 1. The minimum atomic E-state index is -1.04. The zero-order chi connectivity index (χ0) is 19.4. The molecule has 3 rings (SSSR count). The second-order valence-electron chi connectivity index (χ2n) is 5.56. The van der Waals surface area contributed by atoms with Crippen molar-refractivity contribution in [1.29, 1.82) is 0 Å². The molecule has 0 spiro atoms.